The summed E-state index contributed by atoms with van der Waals surface area (Å²) in [6.45, 7) is 7.19. The van der Waals surface area contributed by atoms with E-state index >= 15 is 0 Å². The molecule has 0 aliphatic carbocycles. The SMILES string of the molecule is CC(C)c1ccc(C(=O)N2CCN(c3ccc(=O)[nH]c3)CC2)cc1. The lowest BCUT2D eigenvalue weighted by molar-refractivity contribution is 0.0747. The fraction of sp³-hybridized carbons (Fsp3) is 0.368. The highest BCUT2D eigenvalue weighted by molar-refractivity contribution is 5.94. The average molecular weight is 325 g/mol. The quantitative estimate of drug-likeness (QED) is 0.943. The van der Waals surface area contributed by atoms with Crippen molar-refractivity contribution in [2.24, 2.45) is 0 Å². The van der Waals surface area contributed by atoms with Gasteiger partial charge in [-0.05, 0) is 29.7 Å². The zero-order valence-corrected chi connectivity index (χ0v) is 14.2. The maximum atomic E-state index is 12.6. The number of amides is 1. The van der Waals surface area contributed by atoms with Crippen LogP contribution in [0.4, 0.5) is 5.69 Å². The van der Waals surface area contributed by atoms with Crippen molar-refractivity contribution < 1.29 is 4.79 Å². The lowest BCUT2D eigenvalue weighted by Crippen LogP contribution is -2.48. The third-order valence-corrected chi connectivity index (χ3v) is 4.52. The second kappa shape index (κ2) is 6.91. The van der Waals surface area contributed by atoms with Gasteiger partial charge in [-0.15, -0.1) is 0 Å². The maximum Gasteiger partial charge on any atom is 0.253 e. The van der Waals surface area contributed by atoms with Gasteiger partial charge in [0.25, 0.3) is 5.91 Å². The van der Waals surface area contributed by atoms with Gasteiger partial charge in [0.05, 0.1) is 5.69 Å². The Morgan fingerprint density at radius 3 is 2.21 bits per heavy atom. The number of benzene rings is 1. The van der Waals surface area contributed by atoms with E-state index in [4.69, 9.17) is 0 Å². The maximum absolute atomic E-state index is 12.6. The predicted octanol–water partition coefficient (Wildman–Crippen LogP) is 2.46. The monoisotopic (exact) mass is 325 g/mol. The molecule has 2 aromatic rings. The van der Waals surface area contributed by atoms with Crippen LogP contribution in [0, 0.1) is 0 Å². The Morgan fingerprint density at radius 1 is 1.00 bits per heavy atom. The summed E-state index contributed by atoms with van der Waals surface area (Å²) in [5, 5.41) is 0. The number of rotatable bonds is 3. The Hall–Kier alpha value is -2.56. The molecule has 5 heteroatoms. The standard InChI is InChI=1S/C19H23N3O2/c1-14(2)15-3-5-16(6-4-15)19(24)22-11-9-21(10-12-22)17-7-8-18(23)20-13-17/h3-8,13-14H,9-12H2,1-2H3,(H,20,23). The summed E-state index contributed by atoms with van der Waals surface area (Å²) >= 11 is 0. The number of hydrogen-bond acceptors (Lipinski definition) is 3. The summed E-state index contributed by atoms with van der Waals surface area (Å²) in [6, 6.07) is 11.3. The molecule has 0 unspecified atom stereocenters. The van der Waals surface area contributed by atoms with E-state index in [-0.39, 0.29) is 11.5 Å². The Morgan fingerprint density at radius 2 is 1.67 bits per heavy atom. The van der Waals surface area contributed by atoms with Crippen molar-refractivity contribution in [1.82, 2.24) is 9.88 Å². The van der Waals surface area contributed by atoms with Gasteiger partial charge in [-0.25, -0.2) is 0 Å². The number of carbonyl (C=O) groups is 1. The van der Waals surface area contributed by atoms with E-state index < -0.39 is 0 Å². The largest absolute Gasteiger partial charge is 0.367 e. The van der Waals surface area contributed by atoms with Gasteiger partial charge >= 0.3 is 0 Å². The first kappa shape index (κ1) is 16.3. The van der Waals surface area contributed by atoms with Crippen molar-refractivity contribution >= 4 is 11.6 Å². The second-order valence-corrected chi connectivity index (χ2v) is 6.47. The summed E-state index contributed by atoms with van der Waals surface area (Å²) in [5.41, 5.74) is 2.88. The van der Waals surface area contributed by atoms with E-state index in [0.717, 1.165) is 24.3 Å². The minimum Gasteiger partial charge on any atom is -0.367 e. The lowest BCUT2D eigenvalue weighted by atomic mass is 10.0. The highest BCUT2D eigenvalue weighted by atomic mass is 16.2. The summed E-state index contributed by atoms with van der Waals surface area (Å²) in [7, 11) is 0. The fourth-order valence-corrected chi connectivity index (χ4v) is 2.96. The Balaban J connectivity index is 1.62. The van der Waals surface area contributed by atoms with Gasteiger partial charge in [0, 0.05) is 44.0 Å². The number of anilines is 1. The van der Waals surface area contributed by atoms with Gasteiger partial charge in [-0.2, -0.15) is 0 Å². The molecular formula is C19H23N3O2. The zero-order valence-electron chi connectivity index (χ0n) is 14.2. The van der Waals surface area contributed by atoms with Gasteiger partial charge < -0.3 is 14.8 Å². The smallest absolute Gasteiger partial charge is 0.253 e. The number of piperazine rings is 1. The van der Waals surface area contributed by atoms with Gasteiger partial charge in [-0.1, -0.05) is 26.0 Å². The number of hydrogen-bond donors (Lipinski definition) is 1. The summed E-state index contributed by atoms with van der Waals surface area (Å²) in [6.07, 6.45) is 1.73. The lowest BCUT2D eigenvalue weighted by Gasteiger charge is -2.36. The molecule has 0 radical (unpaired) electrons. The van der Waals surface area contributed by atoms with Crippen molar-refractivity contribution in [3.8, 4) is 0 Å². The molecule has 1 N–H and O–H groups in total. The number of aromatic amines is 1. The molecule has 5 nitrogen and oxygen atoms in total. The van der Waals surface area contributed by atoms with Gasteiger partial charge in [0.15, 0.2) is 0 Å². The fourth-order valence-electron chi connectivity index (χ4n) is 2.96. The molecule has 0 saturated carbocycles. The van der Waals surface area contributed by atoms with Crippen LogP contribution in [0.25, 0.3) is 0 Å². The molecule has 0 bridgehead atoms. The molecule has 1 aliphatic heterocycles. The van der Waals surface area contributed by atoms with Gasteiger partial charge in [0.2, 0.25) is 5.56 Å². The van der Waals surface area contributed by atoms with Crippen LogP contribution < -0.4 is 10.5 Å². The molecule has 126 valence electrons. The molecule has 1 amide bonds. The van der Waals surface area contributed by atoms with Gasteiger partial charge in [0.1, 0.15) is 0 Å². The zero-order chi connectivity index (χ0) is 17.1. The van der Waals surface area contributed by atoms with Crippen molar-refractivity contribution in [3.05, 3.63) is 64.1 Å². The van der Waals surface area contributed by atoms with Crippen LogP contribution in [-0.2, 0) is 0 Å². The second-order valence-electron chi connectivity index (χ2n) is 6.47. The third kappa shape index (κ3) is 3.50. The van der Waals surface area contributed by atoms with Crippen LogP contribution in [0.1, 0.15) is 35.7 Å². The van der Waals surface area contributed by atoms with E-state index in [1.54, 1.807) is 6.20 Å². The molecule has 0 atom stereocenters. The van der Waals surface area contributed by atoms with Crippen LogP contribution in [0.2, 0.25) is 0 Å². The molecule has 1 aromatic heterocycles. The molecule has 0 spiro atoms. The number of pyridine rings is 1. The van der Waals surface area contributed by atoms with E-state index in [2.05, 4.69) is 23.7 Å². The van der Waals surface area contributed by atoms with Gasteiger partial charge in [-0.3, -0.25) is 9.59 Å². The number of nitrogens with zero attached hydrogens (tertiary/aromatic N) is 2. The topological polar surface area (TPSA) is 56.4 Å². The van der Waals surface area contributed by atoms with E-state index in [1.807, 2.05) is 35.2 Å². The molecule has 1 aliphatic rings. The third-order valence-electron chi connectivity index (χ3n) is 4.52. The van der Waals surface area contributed by atoms with E-state index in [9.17, 15) is 9.59 Å². The number of carbonyl (C=O) groups excluding carboxylic acids is 1. The molecule has 1 aromatic carbocycles. The van der Waals surface area contributed by atoms with Crippen molar-refractivity contribution in [1.29, 1.82) is 0 Å². The first-order valence-corrected chi connectivity index (χ1v) is 8.37. The highest BCUT2D eigenvalue weighted by Gasteiger charge is 2.22. The molecule has 1 saturated heterocycles. The highest BCUT2D eigenvalue weighted by Crippen LogP contribution is 2.18. The van der Waals surface area contributed by atoms with Crippen molar-refractivity contribution in [3.63, 3.8) is 0 Å². The predicted molar refractivity (Wildman–Crippen MR) is 95.7 cm³/mol. The van der Waals surface area contributed by atoms with Crippen LogP contribution in [0.15, 0.2) is 47.4 Å². The number of nitrogens with one attached hydrogen (secondary N) is 1. The molecule has 24 heavy (non-hydrogen) atoms. The average Bonchev–Trinajstić information content (AvgIpc) is 2.62. The minimum absolute atomic E-state index is 0.0893. The van der Waals surface area contributed by atoms with Crippen LogP contribution >= 0.6 is 0 Å². The summed E-state index contributed by atoms with van der Waals surface area (Å²) in [5.74, 6) is 0.557. The Bertz CT molecular complexity index is 736. The van der Waals surface area contributed by atoms with E-state index in [1.165, 1.54) is 11.6 Å². The number of aromatic nitrogens is 1. The number of H-pyrrole nitrogens is 1. The molecular weight excluding hydrogens is 302 g/mol. The normalized spacial score (nSPS) is 15.0. The Kier molecular flexibility index (Phi) is 4.69. The molecule has 1 fully saturated rings. The van der Waals surface area contributed by atoms with Crippen LogP contribution in [-0.4, -0.2) is 42.0 Å². The minimum atomic E-state index is -0.0996. The van der Waals surface area contributed by atoms with Crippen LogP contribution in [0.5, 0.6) is 0 Å². The van der Waals surface area contributed by atoms with Crippen molar-refractivity contribution in [2.75, 3.05) is 31.1 Å². The van der Waals surface area contributed by atoms with E-state index in [0.29, 0.717) is 19.0 Å². The molecule has 2 heterocycles. The first-order chi connectivity index (χ1) is 11.5. The molecule has 3 rings (SSSR count). The van der Waals surface area contributed by atoms with Crippen LogP contribution in [0.3, 0.4) is 0 Å². The summed E-state index contributed by atoms with van der Waals surface area (Å²) < 4.78 is 0. The Labute approximate surface area is 141 Å². The van der Waals surface area contributed by atoms with Crippen molar-refractivity contribution in [2.45, 2.75) is 19.8 Å². The summed E-state index contributed by atoms with van der Waals surface area (Å²) in [4.78, 5) is 30.5. The first-order valence-electron chi connectivity index (χ1n) is 8.37.